The number of anilines is 1. The van der Waals surface area contributed by atoms with Crippen molar-refractivity contribution in [2.45, 2.75) is 32.1 Å². The van der Waals surface area contributed by atoms with Crippen LogP contribution < -0.4 is 4.90 Å². The van der Waals surface area contributed by atoms with E-state index in [1.54, 1.807) is 6.07 Å². The summed E-state index contributed by atoms with van der Waals surface area (Å²) in [6.07, 6.45) is 4.93. The van der Waals surface area contributed by atoms with E-state index in [9.17, 15) is 9.18 Å². The van der Waals surface area contributed by atoms with Crippen LogP contribution in [0.25, 0.3) is 0 Å². The number of rotatable bonds is 4. The van der Waals surface area contributed by atoms with Crippen molar-refractivity contribution < 1.29 is 9.18 Å². The van der Waals surface area contributed by atoms with Crippen LogP contribution in [0.2, 0.25) is 0 Å². The van der Waals surface area contributed by atoms with E-state index >= 15 is 0 Å². The Morgan fingerprint density at radius 1 is 0.857 bits per heavy atom. The molecule has 0 aliphatic carbocycles. The number of carbonyl (C=O) groups is 1. The molecule has 2 fully saturated rings. The Labute approximate surface area is 167 Å². The molecule has 28 heavy (non-hydrogen) atoms. The second-order valence-corrected chi connectivity index (χ2v) is 8.17. The number of para-hydroxylation sites is 1. The molecule has 148 valence electrons. The van der Waals surface area contributed by atoms with E-state index < -0.39 is 0 Å². The predicted molar refractivity (Wildman–Crippen MR) is 111 cm³/mol. The lowest BCUT2D eigenvalue weighted by Gasteiger charge is -2.38. The smallest absolute Gasteiger partial charge is 0.225 e. The van der Waals surface area contributed by atoms with Gasteiger partial charge in [-0.05, 0) is 55.7 Å². The van der Waals surface area contributed by atoms with Gasteiger partial charge < -0.3 is 9.80 Å². The van der Waals surface area contributed by atoms with E-state index in [1.807, 2.05) is 12.1 Å². The van der Waals surface area contributed by atoms with Crippen molar-refractivity contribution in [2.24, 2.45) is 11.8 Å². The average Bonchev–Trinajstić information content (AvgIpc) is 2.75. The summed E-state index contributed by atoms with van der Waals surface area (Å²) in [5.74, 6) is 0.905. The van der Waals surface area contributed by atoms with Gasteiger partial charge in [-0.15, -0.1) is 0 Å². The fourth-order valence-corrected chi connectivity index (χ4v) is 4.64. The summed E-state index contributed by atoms with van der Waals surface area (Å²) in [5.41, 5.74) is 2.06. The van der Waals surface area contributed by atoms with Crippen molar-refractivity contribution in [1.29, 1.82) is 0 Å². The number of piperidine rings is 2. The Morgan fingerprint density at radius 2 is 1.50 bits per heavy atom. The first-order chi connectivity index (χ1) is 13.7. The highest BCUT2D eigenvalue weighted by molar-refractivity contribution is 5.79. The molecule has 2 aliphatic heterocycles. The van der Waals surface area contributed by atoms with Crippen LogP contribution in [0.1, 0.15) is 31.2 Å². The first-order valence-corrected chi connectivity index (χ1v) is 10.5. The van der Waals surface area contributed by atoms with Gasteiger partial charge in [0, 0.05) is 32.1 Å². The van der Waals surface area contributed by atoms with Crippen LogP contribution in [-0.2, 0) is 11.2 Å². The zero-order valence-electron chi connectivity index (χ0n) is 16.4. The second kappa shape index (κ2) is 8.76. The fraction of sp³-hybridized carbons (Fsp3) is 0.458. The first kappa shape index (κ1) is 19.0. The standard InChI is InChI=1S/C24H29FN2O/c25-22-8-4-5-9-23(22)26-16-12-21(13-17-26)24(28)27-14-10-20(11-15-27)18-19-6-2-1-3-7-19/h1-9,20-21H,10-18H2. The van der Waals surface area contributed by atoms with Crippen LogP contribution in [0.4, 0.5) is 10.1 Å². The Morgan fingerprint density at radius 3 is 2.18 bits per heavy atom. The highest BCUT2D eigenvalue weighted by Gasteiger charge is 2.31. The van der Waals surface area contributed by atoms with E-state index in [0.717, 1.165) is 58.3 Å². The monoisotopic (exact) mass is 380 g/mol. The van der Waals surface area contributed by atoms with E-state index in [4.69, 9.17) is 0 Å². The lowest BCUT2D eigenvalue weighted by molar-refractivity contribution is -0.137. The van der Waals surface area contributed by atoms with Crippen molar-refractivity contribution in [3.63, 3.8) is 0 Å². The zero-order chi connectivity index (χ0) is 19.3. The Kier molecular flexibility index (Phi) is 5.94. The minimum absolute atomic E-state index is 0.0914. The molecule has 2 heterocycles. The summed E-state index contributed by atoms with van der Waals surface area (Å²) in [6.45, 7) is 3.26. The molecule has 0 atom stereocenters. The molecule has 4 heteroatoms. The lowest BCUT2D eigenvalue weighted by atomic mass is 9.88. The summed E-state index contributed by atoms with van der Waals surface area (Å²) in [7, 11) is 0. The number of amides is 1. The number of carbonyl (C=O) groups excluding carboxylic acids is 1. The van der Waals surface area contributed by atoms with Crippen molar-refractivity contribution in [3.05, 3.63) is 66.0 Å². The van der Waals surface area contributed by atoms with Gasteiger partial charge in [0.15, 0.2) is 0 Å². The number of benzene rings is 2. The van der Waals surface area contributed by atoms with Gasteiger partial charge in [0.25, 0.3) is 0 Å². The molecule has 2 aromatic rings. The summed E-state index contributed by atoms with van der Waals surface area (Å²) < 4.78 is 14.0. The third-order valence-corrected chi connectivity index (χ3v) is 6.33. The number of likely N-dealkylation sites (tertiary alicyclic amines) is 1. The van der Waals surface area contributed by atoms with E-state index in [1.165, 1.54) is 11.6 Å². The third kappa shape index (κ3) is 4.37. The van der Waals surface area contributed by atoms with Gasteiger partial charge >= 0.3 is 0 Å². The van der Waals surface area contributed by atoms with Crippen LogP contribution >= 0.6 is 0 Å². The van der Waals surface area contributed by atoms with Gasteiger partial charge in [-0.2, -0.15) is 0 Å². The molecule has 0 saturated carbocycles. The van der Waals surface area contributed by atoms with Crippen LogP contribution in [0.15, 0.2) is 54.6 Å². The molecule has 2 aromatic carbocycles. The predicted octanol–water partition coefficient (Wildman–Crippen LogP) is 4.52. The van der Waals surface area contributed by atoms with E-state index in [2.05, 4.69) is 40.1 Å². The Hall–Kier alpha value is -2.36. The summed E-state index contributed by atoms with van der Waals surface area (Å²) in [5, 5.41) is 0. The van der Waals surface area contributed by atoms with Crippen LogP contribution in [-0.4, -0.2) is 37.0 Å². The molecular weight excluding hydrogens is 351 g/mol. The molecule has 2 aliphatic rings. The zero-order valence-corrected chi connectivity index (χ0v) is 16.4. The minimum atomic E-state index is -0.173. The van der Waals surface area contributed by atoms with Crippen molar-refractivity contribution in [1.82, 2.24) is 4.90 Å². The number of halogens is 1. The minimum Gasteiger partial charge on any atom is -0.369 e. The molecule has 0 N–H and O–H groups in total. The van der Waals surface area contributed by atoms with Crippen LogP contribution in [0.5, 0.6) is 0 Å². The maximum Gasteiger partial charge on any atom is 0.225 e. The average molecular weight is 381 g/mol. The molecular formula is C24H29FN2O. The molecule has 0 radical (unpaired) electrons. The fourth-order valence-electron chi connectivity index (χ4n) is 4.64. The summed E-state index contributed by atoms with van der Waals surface area (Å²) in [6, 6.07) is 17.6. The number of nitrogens with zero attached hydrogens (tertiary/aromatic N) is 2. The van der Waals surface area contributed by atoms with Crippen LogP contribution in [0.3, 0.4) is 0 Å². The highest BCUT2D eigenvalue weighted by Crippen LogP contribution is 2.28. The van der Waals surface area contributed by atoms with E-state index in [-0.39, 0.29) is 11.7 Å². The van der Waals surface area contributed by atoms with Crippen LogP contribution in [0, 0.1) is 17.7 Å². The molecule has 4 rings (SSSR count). The quantitative estimate of drug-likeness (QED) is 0.778. The number of hydrogen-bond donors (Lipinski definition) is 0. The first-order valence-electron chi connectivity index (χ1n) is 10.5. The molecule has 0 spiro atoms. The molecule has 0 unspecified atom stereocenters. The molecule has 0 aromatic heterocycles. The highest BCUT2D eigenvalue weighted by atomic mass is 19.1. The van der Waals surface area contributed by atoms with Crippen molar-refractivity contribution >= 4 is 11.6 Å². The van der Waals surface area contributed by atoms with Gasteiger partial charge in [0.05, 0.1) is 5.69 Å². The van der Waals surface area contributed by atoms with Gasteiger partial charge in [-0.25, -0.2) is 4.39 Å². The molecule has 1 amide bonds. The maximum absolute atomic E-state index is 14.0. The lowest BCUT2D eigenvalue weighted by Crippen LogP contribution is -2.45. The van der Waals surface area contributed by atoms with Gasteiger partial charge in [0.2, 0.25) is 5.91 Å². The number of hydrogen-bond acceptors (Lipinski definition) is 2. The van der Waals surface area contributed by atoms with Crippen molar-refractivity contribution in [3.8, 4) is 0 Å². The molecule has 0 bridgehead atoms. The third-order valence-electron chi connectivity index (χ3n) is 6.33. The summed E-state index contributed by atoms with van der Waals surface area (Å²) >= 11 is 0. The SMILES string of the molecule is O=C(C1CCN(c2ccccc2F)CC1)N1CCC(Cc2ccccc2)CC1. The van der Waals surface area contributed by atoms with Gasteiger partial charge in [-0.3, -0.25) is 4.79 Å². The van der Waals surface area contributed by atoms with Crippen molar-refractivity contribution in [2.75, 3.05) is 31.1 Å². The van der Waals surface area contributed by atoms with E-state index in [0.29, 0.717) is 17.5 Å². The topological polar surface area (TPSA) is 23.6 Å². The Balaban J connectivity index is 1.25. The normalized spacial score (nSPS) is 19.0. The molecule has 2 saturated heterocycles. The van der Waals surface area contributed by atoms with Gasteiger partial charge in [-0.1, -0.05) is 42.5 Å². The second-order valence-electron chi connectivity index (χ2n) is 8.17. The van der Waals surface area contributed by atoms with Gasteiger partial charge in [0.1, 0.15) is 5.82 Å². The maximum atomic E-state index is 14.0. The Bertz CT molecular complexity index is 778. The molecule has 3 nitrogen and oxygen atoms in total. The summed E-state index contributed by atoms with van der Waals surface area (Å²) in [4.78, 5) is 17.1. The largest absolute Gasteiger partial charge is 0.369 e.